The highest BCUT2D eigenvalue weighted by Crippen LogP contribution is 2.20. The summed E-state index contributed by atoms with van der Waals surface area (Å²) in [4.78, 5) is 33.3. The lowest BCUT2D eigenvalue weighted by Gasteiger charge is -2.13. The number of methoxy groups -OCH3 is 1. The normalized spacial score (nSPS) is 17.3. The van der Waals surface area contributed by atoms with Gasteiger partial charge in [-0.3, -0.25) is 9.59 Å². The fourth-order valence-corrected chi connectivity index (χ4v) is 2.85. The molecular formula is C17H20N4O3. The number of aromatic amines is 1. The van der Waals surface area contributed by atoms with Crippen LogP contribution in [0.1, 0.15) is 12.2 Å². The monoisotopic (exact) mass is 328 g/mol. The molecule has 1 saturated heterocycles. The largest absolute Gasteiger partial charge is 0.497 e. The summed E-state index contributed by atoms with van der Waals surface area (Å²) in [5.74, 6) is 0.952. The van der Waals surface area contributed by atoms with Crippen molar-refractivity contribution in [1.82, 2.24) is 20.2 Å². The fraction of sp³-hybridized carbons (Fsp3) is 0.353. The Morgan fingerprint density at radius 3 is 3.17 bits per heavy atom. The molecule has 1 atom stereocenters. The topological polar surface area (TPSA) is 87.3 Å². The maximum absolute atomic E-state index is 12.3. The Labute approximate surface area is 139 Å². The summed E-state index contributed by atoms with van der Waals surface area (Å²) >= 11 is 0. The van der Waals surface area contributed by atoms with Gasteiger partial charge in [0.15, 0.2) is 0 Å². The second-order valence-corrected chi connectivity index (χ2v) is 5.77. The van der Waals surface area contributed by atoms with Crippen LogP contribution in [0.15, 0.2) is 30.9 Å². The first kappa shape index (κ1) is 16.0. The molecule has 0 aliphatic carbocycles. The van der Waals surface area contributed by atoms with E-state index in [0.29, 0.717) is 25.5 Å². The van der Waals surface area contributed by atoms with Crippen LogP contribution in [0.5, 0.6) is 5.75 Å². The summed E-state index contributed by atoms with van der Waals surface area (Å²) in [6.07, 6.45) is 1.91. The average molecular weight is 328 g/mol. The van der Waals surface area contributed by atoms with Crippen molar-refractivity contribution in [3.63, 3.8) is 0 Å². The van der Waals surface area contributed by atoms with Gasteiger partial charge in [0, 0.05) is 25.6 Å². The average Bonchev–Trinajstić information content (AvgIpc) is 3.15. The zero-order valence-electron chi connectivity index (χ0n) is 13.5. The molecule has 0 saturated carbocycles. The van der Waals surface area contributed by atoms with Gasteiger partial charge in [0.2, 0.25) is 11.8 Å². The molecule has 2 heterocycles. The quantitative estimate of drug-likeness (QED) is 0.781. The van der Waals surface area contributed by atoms with E-state index in [-0.39, 0.29) is 24.2 Å². The number of hydrogen-bond donors (Lipinski definition) is 2. The van der Waals surface area contributed by atoms with Gasteiger partial charge < -0.3 is 19.9 Å². The van der Waals surface area contributed by atoms with Gasteiger partial charge in [0.1, 0.15) is 11.6 Å². The van der Waals surface area contributed by atoms with E-state index in [9.17, 15) is 9.59 Å². The van der Waals surface area contributed by atoms with E-state index >= 15 is 0 Å². The van der Waals surface area contributed by atoms with Crippen molar-refractivity contribution in [2.75, 3.05) is 20.2 Å². The SMILES string of the molecule is C=CCN1C[C@@H](C(=O)NCc2nc3ccc(OC)cc3[nH]2)CC1=O. The number of carbonyl (C=O) groups is 2. The number of ether oxygens (including phenoxy) is 1. The molecule has 1 aromatic heterocycles. The third-order valence-corrected chi connectivity index (χ3v) is 4.10. The van der Waals surface area contributed by atoms with E-state index in [4.69, 9.17) is 4.74 Å². The lowest BCUT2D eigenvalue weighted by molar-refractivity contribution is -0.128. The molecule has 2 N–H and O–H groups in total. The van der Waals surface area contributed by atoms with Crippen LogP contribution in [0.2, 0.25) is 0 Å². The Balaban J connectivity index is 1.60. The number of nitrogens with one attached hydrogen (secondary N) is 2. The van der Waals surface area contributed by atoms with Crippen molar-refractivity contribution in [1.29, 1.82) is 0 Å². The molecule has 7 heteroatoms. The molecule has 1 fully saturated rings. The van der Waals surface area contributed by atoms with Gasteiger partial charge in [-0.15, -0.1) is 6.58 Å². The third-order valence-electron chi connectivity index (χ3n) is 4.10. The van der Waals surface area contributed by atoms with Gasteiger partial charge in [0.05, 0.1) is 30.6 Å². The number of rotatable bonds is 6. The summed E-state index contributed by atoms with van der Waals surface area (Å²) < 4.78 is 5.18. The number of hydrogen-bond acceptors (Lipinski definition) is 4. The van der Waals surface area contributed by atoms with Gasteiger partial charge in [-0.1, -0.05) is 6.08 Å². The minimum Gasteiger partial charge on any atom is -0.497 e. The van der Waals surface area contributed by atoms with Crippen molar-refractivity contribution in [3.05, 3.63) is 36.7 Å². The van der Waals surface area contributed by atoms with E-state index in [2.05, 4.69) is 21.9 Å². The molecule has 2 amide bonds. The first-order valence-electron chi connectivity index (χ1n) is 7.79. The van der Waals surface area contributed by atoms with Gasteiger partial charge in [0.25, 0.3) is 0 Å². The summed E-state index contributed by atoms with van der Waals surface area (Å²) in [5.41, 5.74) is 1.67. The molecular weight excluding hydrogens is 308 g/mol. The highest BCUT2D eigenvalue weighted by molar-refractivity contribution is 5.89. The van der Waals surface area contributed by atoms with E-state index in [0.717, 1.165) is 16.8 Å². The second-order valence-electron chi connectivity index (χ2n) is 5.77. The van der Waals surface area contributed by atoms with E-state index in [1.54, 1.807) is 18.1 Å². The van der Waals surface area contributed by atoms with Crippen molar-refractivity contribution in [2.45, 2.75) is 13.0 Å². The minimum atomic E-state index is -0.318. The number of carbonyl (C=O) groups excluding carboxylic acids is 2. The summed E-state index contributed by atoms with van der Waals surface area (Å²) in [6, 6.07) is 5.55. The molecule has 2 aromatic rings. The van der Waals surface area contributed by atoms with Crippen LogP contribution in [-0.2, 0) is 16.1 Å². The third kappa shape index (κ3) is 3.24. The maximum atomic E-state index is 12.3. The number of likely N-dealkylation sites (tertiary alicyclic amines) is 1. The molecule has 7 nitrogen and oxygen atoms in total. The zero-order valence-corrected chi connectivity index (χ0v) is 13.5. The smallest absolute Gasteiger partial charge is 0.225 e. The number of amides is 2. The van der Waals surface area contributed by atoms with E-state index < -0.39 is 0 Å². The van der Waals surface area contributed by atoms with Crippen LogP contribution in [-0.4, -0.2) is 46.9 Å². The van der Waals surface area contributed by atoms with Crippen molar-refractivity contribution < 1.29 is 14.3 Å². The maximum Gasteiger partial charge on any atom is 0.225 e. The van der Waals surface area contributed by atoms with Crippen LogP contribution < -0.4 is 10.1 Å². The molecule has 126 valence electrons. The van der Waals surface area contributed by atoms with Crippen LogP contribution >= 0.6 is 0 Å². The van der Waals surface area contributed by atoms with Gasteiger partial charge in [-0.2, -0.15) is 0 Å². The first-order chi connectivity index (χ1) is 11.6. The van der Waals surface area contributed by atoms with Crippen LogP contribution in [0, 0.1) is 5.92 Å². The van der Waals surface area contributed by atoms with Gasteiger partial charge in [-0.25, -0.2) is 4.98 Å². The predicted octanol–water partition coefficient (Wildman–Crippen LogP) is 1.22. The lowest BCUT2D eigenvalue weighted by atomic mass is 10.1. The van der Waals surface area contributed by atoms with Crippen LogP contribution in [0.25, 0.3) is 11.0 Å². The Bertz CT molecular complexity index is 783. The van der Waals surface area contributed by atoms with E-state index in [1.165, 1.54) is 0 Å². The number of H-pyrrole nitrogens is 1. The summed E-state index contributed by atoms with van der Waals surface area (Å²) in [7, 11) is 1.61. The summed E-state index contributed by atoms with van der Waals surface area (Å²) in [5, 5.41) is 2.85. The molecule has 24 heavy (non-hydrogen) atoms. The predicted molar refractivity (Wildman–Crippen MR) is 89.4 cm³/mol. The number of fused-ring (bicyclic) bond motifs is 1. The van der Waals surface area contributed by atoms with Crippen molar-refractivity contribution in [2.24, 2.45) is 5.92 Å². The number of imidazole rings is 1. The molecule has 0 spiro atoms. The van der Waals surface area contributed by atoms with Crippen LogP contribution in [0.4, 0.5) is 0 Å². The second kappa shape index (κ2) is 6.74. The molecule has 1 aliphatic rings. The van der Waals surface area contributed by atoms with Gasteiger partial charge in [-0.05, 0) is 12.1 Å². The lowest BCUT2D eigenvalue weighted by Crippen LogP contribution is -2.32. The molecule has 1 aromatic carbocycles. The molecule has 0 radical (unpaired) electrons. The van der Waals surface area contributed by atoms with E-state index in [1.807, 2.05) is 18.2 Å². The number of benzene rings is 1. The van der Waals surface area contributed by atoms with Crippen molar-refractivity contribution >= 4 is 22.8 Å². The summed E-state index contributed by atoms with van der Waals surface area (Å²) in [6.45, 7) is 4.83. The van der Waals surface area contributed by atoms with Crippen LogP contribution in [0.3, 0.4) is 0 Å². The fourth-order valence-electron chi connectivity index (χ4n) is 2.85. The Morgan fingerprint density at radius 1 is 1.58 bits per heavy atom. The van der Waals surface area contributed by atoms with Gasteiger partial charge >= 0.3 is 0 Å². The van der Waals surface area contributed by atoms with Crippen molar-refractivity contribution in [3.8, 4) is 5.75 Å². The molecule has 0 bridgehead atoms. The number of nitrogens with zero attached hydrogens (tertiary/aromatic N) is 2. The molecule has 1 aliphatic heterocycles. The Hall–Kier alpha value is -2.83. The molecule has 0 unspecified atom stereocenters. The highest BCUT2D eigenvalue weighted by atomic mass is 16.5. The number of aromatic nitrogens is 2. The standard InChI is InChI=1S/C17H20N4O3/c1-3-6-21-10-11(7-16(21)22)17(23)18-9-15-19-13-5-4-12(24-2)8-14(13)20-15/h3-5,8,11H,1,6-7,9-10H2,2H3,(H,18,23)(H,19,20)/t11-/m0/s1. The first-order valence-corrected chi connectivity index (χ1v) is 7.79. The molecule has 3 rings (SSSR count). The zero-order chi connectivity index (χ0) is 17.1. The Morgan fingerprint density at radius 2 is 2.42 bits per heavy atom. The highest BCUT2D eigenvalue weighted by Gasteiger charge is 2.33. The minimum absolute atomic E-state index is 0.00844. The Kier molecular flexibility index (Phi) is 4.50.